The van der Waals surface area contributed by atoms with Gasteiger partial charge in [0, 0.05) is 17.5 Å². The Morgan fingerprint density at radius 2 is 2.15 bits per heavy atom. The fourth-order valence-corrected chi connectivity index (χ4v) is 4.24. The van der Waals surface area contributed by atoms with Crippen molar-refractivity contribution in [1.82, 2.24) is 9.55 Å². The summed E-state index contributed by atoms with van der Waals surface area (Å²) in [5.74, 6) is 0. The van der Waals surface area contributed by atoms with Crippen molar-refractivity contribution < 1.29 is 4.74 Å². The average Bonchev–Trinajstić information content (AvgIpc) is 2.61. The van der Waals surface area contributed by atoms with Crippen molar-refractivity contribution >= 4 is 33.8 Å². The summed E-state index contributed by atoms with van der Waals surface area (Å²) in [5, 5.41) is 0.793. The molecule has 0 atom stereocenters. The first-order chi connectivity index (χ1) is 9.52. The van der Waals surface area contributed by atoms with E-state index >= 15 is 0 Å². The first-order valence-corrected chi connectivity index (χ1v) is 8.11. The third kappa shape index (κ3) is 2.06. The smallest absolute Gasteiger partial charge is 0.263 e. The van der Waals surface area contributed by atoms with Gasteiger partial charge in [0.15, 0.2) is 4.77 Å². The Morgan fingerprint density at radius 1 is 1.45 bits per heavy atom. The number of aryl methyl sites for hydroxylation is 2. The quantitative estimate of drug-likeness (QED) is 0.883. The van der Waals surface area contributed by atoms with Crippen LogP contribution in [0.5, 0.6) is 0 Å². The highest BCUT2D eigenvalue weighted by molar-refractivity contribution is 7.71. The zero-order valence-corrected chi connectivity index (χ0v) is 13.5. The van der Waals surface area contributed by atoms with Crippen LogP contribution in [0.4, 0.5) is 0 Å². The molecule has 0 unspecified atom stereocenters. The van der Waals surface area contributed by atoms with E-state index in [0.717, 1.165) is 35.2 Å². The summed E-state index contributed by atoms with van der Waals surface area (Å²) in [6.45, 7) is 6.76. The minimum absolute atomic E-state index is 0.0468. The Bertz CT molecular complexity index is 766. The molecule has 0 spiro atoms. The van der Waals surface area contributed by atoms with Crippen LogP contribution in [-0.2, 0) is 4.74 Å². The van der Waals surface area contributed by atoms with Crippen LogP contribution in [0.3, 0.4) is 0 Å². The molecule has 2 heterocycles. The predicted octanol–water partition coefficient (Wildman–Crippen LogP) is 3.48. The fourth-order valence-electron chi connectivity index (χ4n) is 2.79. The van der Waals surface area contributed by atoms with Crippen molar-refractivity contribution in [2.24, 2.45) is 0 Å². The fraction of sp³-hybridized carbons (Fsp3) is 0.571. The first kappa shape index (κ1) is 14.0. The van der Waals surface area contributed by atoms with E-state index in [2.05, 4.69) is 4.98 Å². The molecule has 0 saturated heterocycles. The summed E-state index contributed by atoms with van der Waals surface area (Å²) in [6.07, 6.45) is 2.02. The lowest BCUT2D eigenvalue weighted by Gasteiger charge is -2.35. The second-order valence-corrected chi connectivity index (χ2v) is 6.91. The minimum Gasteiger partial charge on any atom is -0.378 e. The molecule has 4 nitrogen and oxygen atoms in total. The Hall–Kier alpha value is -0.980. The van der Waals surface area contributed by atoms with Crippen LogP contribution >= 0.6 is 23.6 Å². The van der Waals surface area contributed by atoms with E-state index in [1.165, 1.54) is 4.88 Å². The number of aromatic nitrogens is 2. The topological polar surface area (TPSA) is 47.0 Å². The average molecular weight is 310 g/mol. The van der Waals surface area contributed by atoms with Crippen LogP contribution in [0.15, 0.2) is 4.79 Å². The molecule has 1 aliphatic rings. The molecule has 2 aromatic rings. The predicted molar refractivity (Wildman–Crippen MR) is 84.4 cm³/mol. The Balaban J connectivity index is 2.06. The SMILES string of the molecule is CCOC1CC(n2c(=S)[nH]c3sc(C)c(C)c3c2=O)C1. The first-order valence-electron chi connectivity index (χ1n) is 6.89. The van der Waals surface area contributed by atoms with Gasteiger partial charge in [-0.15, -0.1) is 11.3 Å². The van der Waals surface area contributed by atoms with Gasteiger partial charge in [-0.1, -0.05) is 0 Å². The number of thiophene rings is 1. The van der Waals surface area contributed by atoms with Gasteiger partial charge in [-0.2, -0.15) is 0 Å². The molecule has 3 rings (SSSR count). The number of rotatable bonds is 3. The molecule has 0 amide bonds. The van der Waals surface area contributed by atoms with Crippen LogP contribution < -0.4 is 5.56 Å². The molecule has 0 aromatic carbocycles. The van der Waals surface area contributed by atoms with E-state index in [1.54, 1.807) is 15.9 Å². The summed E-state index contributed by atoms with van der Waals surface area (Å²) < 4.78 is 7.84. The normalized spacial score (nSPS) is 22.1. The van der Waals surface area contributed by atoms with Gasteiger partial charge in [-0.05, 0) is 51.4 Å². The van der Waals surface area contributed by atoms with Gasteiger partial charge in [0.05, 0.1) is 11.5 Å². The standard InChI is InChI=1S/C14H18N2O2S2/c1-4-18-10-5-9(6-10)16-13(17)11-7(2)8(3)20-12(11)15-14(16)19/h9-10H,4-6H2,1-3H3,(H,15,19). The lowest BCUT2D eigenvalue weighted by molar-refractivity contribution is -0.0209. The minimum atomic E-state index is 0.0468. The zero-order chi connectivity index (χ0) is 14.4. The molecular weight excluding hydrogens is 292 g/mol. The third-order valence-corrected chi connectivity index (χ3v) is 5.52. The number of hydrogen-bond acceptors (Lipinski definition) is 4. The van der Waals surface area contributed by atoms with Gasteiger partial charge in [0.2, 0.25) is 0 Å². The molecule has 1 aliphatic carbocycles. The Labute approximate surface area is 126 Å². The molecule has 0 bridgehead atoms. The number of hydrogen-bond donors (Lipinski definition) is 1. The number of ether oxygens (including phenoxy) is 1. The molecular formula is C14H18N2O2S2. The molecule has 108 valence electrons. The van der Waals surface area contributed by atoms with Crippen LogP contribution in [0.1, 0.15) is 36.2 Å². The molecule has 0 radical (unpaired) electrons. The lowest BCUT2D eigenvalue weighted by Crippen LogP contribution is -2.39. The number of nitrogens with zero attached hydrogens (tertiary/aromatic N) is 1. The van der Waals surface area contributed by atoms with Crippen molar-refractivity contribution in [3.63, 3.8) is 0 Å². The maximum absolute atomic E-state index is 12.7. The van der Waals surface area contributed by atoms with E-state index in [9.17, 15) is 4.79 Å². The Kier molecular flexibility index (Phi) is 3.56. The maximum Gasteiger partial charge on any atom is 0.263 e. The van der Waals surface area contributed by atoms with Crippen LogP contribution in [0, 0.1) is 18.6 Å². The monoisotopic (exact) mass is 310 g/mol. The van der Waals surface area contributed by atoms with Gasteiger partial charge in [0.25, 0.3) is 5.56 Å². The molecule has 0 aliphatic heterocycles. The molecule has 1 N–H and O–H groups in total. The van der Waals surface area contributed by atoms with E-state index in [-0.39, 0.29) is 17.7 Å². The van der Waals surface area contributed by atoms with Crippen molar-refractivity contribution in [2.75, 3.05) is 6.61 Å². The molecule has 2 aromatic heterocycles. The van der Waals surface area contributed by atoms with Gasteiger partial charge >= 0.3 is 0 Å². The third-order valence-electron chi connectivity index (χ3n) is 4.09. The van der Waals surface area contributed by atoms with Crippen molar-refractivity contribution in [1.29, 1.82) is 0 Å². The lowest BCUT2D eigenvalue weighted by atomic mass is 9.89. The summed E-state index contributed by atoms with van der Waals surface area (Å²) in [7, 11) is 0. The van der Waals surface area contributed by atoms with Crippen molar-refractivity contribution in [3.05, 3.63) is 25.6 Å². The number of nitrogens with one attached hydrogen (secondary N) is 1. The number of H-pyrrole nitrogens is 1. The van der Waals surface area contributed by atoms with Gasteiger partial charge < -0.3 is 9.72 Å². The summed E-state index contributed by atoms with van der Waals surface area (Å²) in [6, 6.07) is 0.173. The number of aromatic amines is 1. The molecule has 6 heteroatoms. The van der Waals surface area contributed by atoms with Gasteiger partial charge in [-0.25, -0.2) is 0 Å². The molecule has 20 heavy (non-hydrogen) atoms. The van der Waals surface area contributed by atoms with Gasteiger partial charge in [-0.3, -0.25) is 9.36 Å². The highest BCUT2D eigenvalue weighted by Gasteiger charge is 2.32. The summed E-state index contributed by atoms with van der Waals surface area (Å²) >= 11 is 6.97. The van der Waals surface area contributed by atoms with E-state index in [1.807, 2.05) is 20.8 Å². The van der Waals surface area contributed by atoms with E-state index in [0.29, 0.717) is 4.77 Å². The van der Waals surface area contributed by atoms with Crippen LogP contribution in [0.25, 0.3) is 10.2 Å². The summed E-state index contributed by atoms with van der Waals surface area (Å²) in [4.78, 5) is 18.0. The molecule has 1 fully saturated rings. The maximum atomic E-state index is 12.7. The number of fused-ring (bicyclic) bond motifs is 1. The van der Waals surface area contributed by atoms with Crippen molar-refractivity contribution in [3.8, 4) is 0 Å². The van der Waals surface area contributed by atoms with Crippen molar-refractivity contribution in [2.45, 2.75) is 45.8 Å². The highest BCUT2D eigenvalue weighted by Crippen LogP contribution is 2.34. The summed E-state index contributed by atoms with van der Waals surface area (Å²) in [5.41, 5.74) is 1.11. The van der Waals surface area contributed by atoms with Crippen LogP contribution in [-0.4, -0.2) is 22.3 Å². The Morgan fingerprint density at radius 3 is 2.80 bits per heavy atom. The molecule has 1 saturated carbocycles. The largest absolute Gasteiger partial charge is 0.378 e. The second kappa shape index (κ2) is 5.09. The van der Waals surface area contributed by atoms with E-state index < -0.39 is 0 Å². The van der Waals surface area contributed by atoms with Gasteiger partial charge in [0.1, 0.15) is 4.83 Å². The van der Waals surface area contributed by atoms with E-state index in [4.69, 9.17) is 17.0 Å². The zero-order valence-electron chi connectivity index (χ0n) is 11.9. The second-order valence-electron chi connectivity index (χ2n) is 5.30. The van der Waals surface area contributed by atoms with Crippen LogP contribution in [0.2, 0.25) is 0 Å². The highest BCUT2D eigenvalue weighted by atomic mass is 32.1.